The first-order valence-corrected chi connectivity index (χ1v) is 9.54. The van der Waals surface area contributed by atoms with Gasteiger partial charge in [-0.15, -0.1) is 24.0 Å². The number of H-pyrrole nitrogens is 1. The van der Waals surface area contributed by atoms with E-state index in [-0.39, 0.29) is 30.1 Å². The Morgan fingerprint density at radius 1 is 1.23 bits per heavy atom. The molecule has 1 heterocycles. The van der Waals surface area contributed by atoms with Crippen LogP contribution in [0, 0.1) is 0 Å². The minimum absolute atomic E-state index is 0. The topological polar surface area (TPSA) is 72.4 Å². The summed E-state index contributed by atoms with van der Waals surface area (Å²) in [5.74, 6) is 0.905. The van der Waals surface area contributed by atoms with Crippen LogP contribution in [0.15, 0.2) is 35.5 Å². The zero-order valence-electron chi connectivity index (χ0n) is 15.5. The molecule has 0 atom stereocenters. The average molecular weight is 470 g/mol. The lowest BCUT2D eigenvalue weighted by atomic mass is 9.93. The molecule has 1 saturated carbocycles. The smallest absolute Gasteiger partial charge is 0.191 e. The zero-order chi connectivity index (χ0) is 17.5. The summed E-state index contributed by atoms with van der Waals surface area (Å²) in [4.78, 5) is 8.06. The SMILES string of the molecule is CCNC(=NCCCc1c[nH]c2ccccc12)NC1CCC(O)CC1.I. The minimum Gasteiger partial charge on any atom is -0.393 e. The molecule has 1 aliphatic rings. The number of aliphatic hydroxyl groups excluding tert-OH is 1. The molecule has 0 saturated heterocycles. The van der Waals surface area contributed by atoms with E-state index in [9.17, 15) is 5.11 Å². The molecule has 1 fully saturated rings. The molecule has 26 heavy (non-hydrogen) atoms. The van der Waals surface area contributed by atoms with Crippen molar-refractivity contribution in [3.8, 4) is 0 Å². The van der Waals surface area contributed by atoms with Crippen LogP contribution < -0.4 is 10.6 Å². The van der Waals surface area contributed by atoms with E-state index in [4.69, 9.17) is 4.99 Å². The number of aliphatic hydroxyl groups is 1. The molecule has 4 N–H and O–H groups in total. The van der Waals surface area contributed by atoms with E-state index >= 15 is 0 Å². The molecule has 0 unspecified atom stereocenters. The average Bonchev–Trinajstić information content (AvgIpc) is 3.04. The molecule has 6 heteroatoms. The summed E-state index contributed by atoms with van der Waals surface area (Å²) in [7, 11) is 0. The van der Waals surface area contributed by atoms with Gasteiger partial charge >= 0.3 is 0 Å². The first kappa shape index (κ1) is 21.0. The summed E-state index contributed by atoms with van der Waals surface area (Å²) in [5.41, 5.74) is 2.57. The summed E-state index contributed by atoms with van der Waals surface area (Å²) in [6.07, 6.45) is 7.86. The van der Waals surface area contributed by atoms with Crippen molar-refractivity contribution in [2.45, 2.75) is 57.6 Å². The Balaban J connectivity index is 0.00000243. The second kappa shape index (κ2) is 10.8. The van der Waals surface area contributed by atoms with Gasteiger partial charge in [-0.05, 0) is 57.1 Å². The number of para-hydroxylation sites is 1. The van der Waals surface area contributed by atoms with E-state index < -0.39 is 0 Å². The molecule has 0 spiro atoms. The number of hydrogen-bond acceptors (Lipinski definition) is 2. The predicted octanol–water partition coefficient (Wildman–Crippen LogP) is 3.58. The molecule has 1 aromatic carbocycles. The summed E-state index contributed by atoms with van der Waals surface area (Å²) < 4.78 is 0. The number of aromatic amines is 1. The number of aromatic nitrogens is 1. The van der Waals surface area contributed by atoms with Crippen molar-refractivity contribution in [3.05, 3.63) is 36.0 Å². The quantitative estimate of drug-likeness (QED) is 0.226. The number of benzene rings is 1. The minimum atomic E-state index is -0.117. The molecule has 0 aliphatic heterocycles. The lowest BCUT2D eigenvalue weighted by Gasteiger charge is -2.27. The number of nitrogens with zero attached hydrogens (tertiary/aromatic N) is 1. The number of aliphatic imine (C=N–C) groups is 1. The number of hydrogen-bond donors (Lipinski definition) is 4. The van der Waals surface area contributed by atoms with Gasteiger partial charge in [0.25, 0.3) is 0 Å². The fourth-order valence-electron chi connectivity index (χ4n) is 3.53. The Kier molecular flexibility index (Phi) is 8.71. The maximum absolute atomic E-state index is 9.63. The van der Waals surface area contributed by atoms with Gasteiger partial charge in [0, 0.05) is 36.2 Å². The predicted molar refractivity (Wildman–Crippen MR) is 119 cm³/mol. The Bertz CT molecular complexity index is 692. The van der Waals surface area contributed by atoms with Crippen LogP contribution in [0.5, 0.6) is 0 Å². The third-order valence-electron chi connectivity index (χ3n) is 4.93. The normalized spacial score (nSPS) is 20.6. The van der Waals surface area contributed by atoms with E-state index in [2.05, 4.69) is 53.0 Å². The number of aryl methyl sites for hydroxylation is 1. The Hall–Kier alpha value is -1.28. The largest absolute Gasteiger partial charge is 0.393 e. The lowest BCUT2D eigenvalue weighted by molar-refractivity contribution is 0.120. The van der Waals surface area contributed by atoms with Gasteiger partial charge in [-0.25, -0.2) is 0 Å². The molecule has 2 aromatic rings. The third kappa shape index (κ3) is 5.87. The highest BCUT2D eigenvalue weighted by Crippen LogP contribution is 2.19. The molecule has 5 nitrogen and oxygen atoms in total. The molecule has 3 rings (SSSR count). The van der Waals surface area contributed by atoms with Gasteiger partial charge in [0.2, 0.25) is 0 Å². The molecule has 0 amide bonds. The van der Waals surface area contributed by atoms with Gasteiger partial charge in [0.05, 0.1) is 6.10 Å². The number of fused-ring (bicyclic) bond motifs is 1. The van der Waals surface area contributed by atoms with Gasteiger partial charge in [-0.2, -0.15) is 0 Å². The van der Waals surface area contributed by atoms with Crippen LogP contribution in [0.4, 0.5) is 0 Å². The maximum Gasteiger partial charge on any atom is 0.191 e. The molecular weight excluding hydrogens is 439 g/mol. The van der Waals surface area contributed by atoms with Gasteiger partial charge in [-0.1, -0.05) is 18.2 Å². The Morgan fingerprint density at radius 3 is 2.77 bits per heavy atom. The lowest BCUT2D eigenvalue weighted by Crippen LogP contribution is -2.45. The van der Waals surface area contributed by atoms with Gasteiger partial charge < -0.3 is 20.7 Å². The van der Waals surface area contributed by atoms with E-state index in [1.165, 1.54) is 16.5 Å². The van der Waals surface area contributed by atoms with Gasteiger partial charge in [-0.3, -0.25) is 4.99 Å². The fourth-order valence-corrected chi connectivity index (χ4v) is 3.53. The summed E-state index contributed by atoms with van der Waals surface area (Å²) in [6.45, 7) is 3.77. The van der Waals surface area contributed by atoms with Crippen molar-refractivity contribution in [1.29, 1.82) is 0 Å². The fraction of sp³-hybridized carbons (Fsp3) is 0.550. The van der Waals surface area contributed by atoms with Crippen molar-refractivity contribution >= 4 is 40.8 Å². The van der Waals surface area contributed by atoms with Crippen LogP contribution in [-0.4, -0.2) is 41.3 Å². The number of rotatable bonds is 6. The molecule has 1 aromatic heterocycles. The van der Waals surface area contributed by atoms with Crippen LogP contribution in [0.2, 0.25) is 0 Å². The molecule has 0 bridgehead atoms. The van der Waals surface area contributed by atoms with Crippen LogP contribution in [0.3, 0.4) is 0 Å². The standard InChI is InChI=1S/C20H30N4O.HI/c1-2-21-20(24-16-9-11-17(25)12-10-16)22-13-5-6-15-14-23-19-8-4-3-7-18(15)19;/h3-4,7-8,14,16-17,23,25H,2,5-6,9-13H2,1H3,(H2,21,22,24);1H. The monoisotopic (exact) mass is 470 g/mol. The highest BCUT2D eigenvalue weighted by Gasteiger charge is 2.19. The number of nitrogens with one attached hydrogen (secondary N) is 3. The van der Waals surface area contributed by atoms with Crippen LogP contribution in [0.25, 0.3) is 10.9 Å². The molecule has 1 aliphatic carbocycles. The summed E-state index contributed by atoms with van der Waals surface area (Å²) >= 11 is 0. The van der Waals surface area contributed by atoms with Crippen LogP contribution in [0.1, 0.15) is 44.6 Å². The number of halogens is 1. The van der Waals surface area contributed by atoms with Crippen molar-refractivity contribution < 1.29 is 5.11 Å². The molecule has 0 radical (unpaired) electrons. The highest BCUT2D eigenvalue weighted by molar-refractivity contribution is 14.0. The summed E-state index contributed by atoms with van der Waals surface area (Å²) in [5, 5.41) is 17.8. The van der Waals surface area contributed by atoms with E-state index in [0.717, 1.165) is 57.6 Å². The van der Waals surface area contributed by atoms with Gasteiger partial charge in [0.15, 0.2) is 5.96 Å². The van der Waals surface area contributed by atoms with Crippen LogP contribution in [-0.2, 0) is 6.42 Å². The first-order chi connectivity index (χ1) is 12.3. The van der Waals surface area contributed by atoms with Crippen molar-refractivity contribution in [2.24, 2.45) is 4.99 Å². The second-order valence-electron chi connectivity index (χ2n) is 6.87. The van der Waals surface area contributed by atoms with E-state index in [1.807, 2.05) is 0 Å². The summed E-state index contributed by atoms with van der Waals surface area (Å²) in [6, 6.07) is 8.87. The number of guanidine groups is 1. The van der Waals surface area contributed by atoms with Crippen molar-refractivity contribution in [3.63, 3.8) is 0 Å². The maximum atomic E-state index is 9.63. The van der Waals surface area contributed by atoms with Crippen LogP contribution >= 0.6 is 24.0 Å². The molecule has 144 valence electrons. The van der Waals surface area contributed by atoms with Crippen molar-refractivity contribution in [2.75, 3.05) is 13.1 Å². The Morgan fingerprint density at radius 2 is 2.00 bits per heavy atom. The third-order valence-corrected chi connectivity index (χ3v) is 4.93. The molecular formula is C20H31IN4O. The first-order valence-electron chi connectivity index (χ1n) is 9.54. The van der Waals surface area contributed by atoms with Crippen molar-refractivity contribution in [1.82, 2.24) is 15.6 Å². The highest BCUT2D eigenvalue weighted by atomic mass is 127. The van der Waals surface area contributed by atoms with E-state index in [1.54, 1.807) is 0 Å². The Labute approximate surface area is 173 Å². The second-order valence-corrected chi connectivity index (χ2v) is 6.87. The van der Waals surface area contributed by atoms with E-state index in [0.29, 0.717) is 6.04 Å². The zero-order valence-corrected chi connectivity index (χ0v) is 17.8. The van der Waals surface area contributed by atoms with Gasteiger partial charge in [0.1, 0.15) is 0 Å².